The number of hydrogen-bond donors (Lipinski definition) is 2. The molecule has 0 amide bonds. The highest BCUT2D eigenvalue weighted by Crippen LogP contribution is 1.95. The first-order valence-electron chi connectivity index (χ1n) is 2.33. The van der Waals surface area contributed by atoms with Crippen molar-refractivity contribution in [2.45, 2.75) is 6.04 Å². The second kappa shape index (κ2) is 1.68. The molecule has 3 N–H and O–H groups in total. The highest BCUT2D eigenvalue weighted by molar-refractivity contribution is 7.89. The summed E-state index contributed by atoms with van der Waals surface area (Å²) < 4.78 is 23.2. The van der Waals surface area contributed by atoms with Crippen molar-refractivity contribution >= 4 is 10.0 Å². The normalized spacial score (nSPS) is 35.4. The van der Waals surface area contributed by atoms with E-state index in [1.54, 1.807) is 0 Å². The lowest BCUT2D eigenvalue weighted by Crippen LogP contribution is -2.24. The van der Waals surface area contributed by atoms with Crippen molar-refractivity contribution < 1.29 is 8.42 Å². The third-order valence-electron chi connectivity index (χ3n) is 0.999. The quantitative estimate of drug-likeness (QED) is 0.414. The minimum atomic E-state index is -2.97. The second-order valence-corrected chi connectivity index (χ2v) is 3.74. The molecule has 0 spiro atoms. The lowest BCUT2D eigenvalue weighted by molar-refractivity contribution is 0.594. The first kappa shape index (κ1) is 6.00. The summed E-state index contributed by atoms with van der Waals surface area (Å²) in [6, 6.07) is -0.208. The monoisotopic (exact) mass is 136 g/mol. The molecule has 1 atom stereocenters. The Morgan fingerprint density at radius 1 is 1.62 bits per heavy atom. The van der Waals surface area contributed by atoms with Gasteiger partial charge in [0.25, 0.3) is 0 Å². The molecule has 0 radical (unpaired) electrons. The third kappa shape index (κ3) is 1.18. The Kier molecular flexibility index (Phi) is 1.26. The average Bonchev–Trinajstić information content (AvgIpc) is 1.82. The Labute approximate surface area is 48.1 Å². The van der Waals surface area contributed by atoms with Crippen LogP contribution >= 0.6 is 0 Å². The first-order valence-corrected chi connectivity index (χ1v) is 3.98. The van der Waals surface area contributed by atoms with Crippen LogP contribution in [0.5, 0.6) is 0 Å². The molecule has 1 aliphatic rings. The van der Waals surface area contributed by atoms with E-state index in [4.69, 9.17) is 5.73 Å². The minimum absolute atomic E-state index is 0.0764. The summed E-state index contributed by atoms with van der Waals surface area (Å²) in [4.78, 5) is 0. The molecule has 0 aromatic heterocycles. The molecule has 0 aromatic carbocycles. The summed E-state index contributed by atoms with van der Waals surface area (Å²) in [7, 11) is -2.97. The van der Waals surface area contributed by atoms with Crippen LogP contribution in [0.2, 0.25) is 0 Å². The zero-order valence-electron chi connectivity index (χ0n) is 4.29. The van der Waals surface area contributed by atoms with Crippen molar-refractivity contribution in [3.8, 4) is 0 Å². The van der Waals surface area contributed by atoms with Gasteiger partial charge in [-0.25, -0.2) is 13.1 Å². The van der Waals surface area contributed by atoms with E-state index < -0.39 is 10.0 Å². The Morgan fingerprint density at radius 3 is 2.38 bits per heavy atom. The van der Waals surface area contributed by atoms with Crippen molar-refractivity contribution in [1.82, 2.24) is 4.72 Å². The molecule has 1 aliphatic heterocycles. The van der Waals surface area contributed by atoms with Crippen LogP contribution < -0.4 is 10.5 Å². The van der Waals surface area contributed by atoms with E-state index >= 15 is 0 Å². The predicted octanol–water partition coefficient (Wildman–Crippen LogP) is -1.75. The standard InChI is InChI=1S/C3H8N2O2S/c4-3-1-5-8(6,7)2-3/h3,5H,1-2,4H2. The molecule has 1 heterocycles. The topological polar surface area (TPSA) is 72.2 Å². The van der Waals surface area contributed by atoms with E-state index in [-0.39, 0.29) is 11.8 Å². The molecule has 0 bridgehead atoms. The predicted molar refractivity (Wildman–Crippen MR) is 29.8 cm³/mol. The summed E-state index contributed by atoms with van der Waals surface area (Å²) >= 11 is 0. The van der Waals surface area contributed by atoms with Crippen LogP contribution in [0.3, 0.4) is 0 Å². The van der Waals surface area contributed by atoms with Crippen LogP contribution in [0.15, 0.2) is 0 Å². The van der Waals surface area contributed by atoms with Crippen LogP contribution in [-0.4, -0.2) is 26.8 Å². The number of nitrogens with one attached hydrogen (secondary N) is 1. The largest absolute Gasteiger partial charge is 0.326 e. The van der Waals surface area contributed by atoms with Gasteiger partial charge in [0, 0.05) is 12.6 Å². The zero-order valence-corrected chi connectivity index (χ0v) is 5.11. The molecular formula is C3H8N2O2S. The van der Waals surface area contributed by atoms with Gasteiger partial charge < -0.3 is 5.73 Å². The number of rotatable bonds is 0. The Bertz CT molecular complexity index is 174. The van der Waals surface area contributed by atoms with E-state index in [0.29, 0.717) is 6.54 Å². The van der Waals surface area contributed by atoms with Gasteiger partial charge in [-0.1, -0.05) is 0 Å². The molecule has 0 saturated carbocycles. The van der Waals surface area contributed by atoms with Gasteiger partial charge in [0.2, 0.25) is 10.0 Å². The Morgan fingerprint density at radius 2 is 2.25 bits per heavy atom. The number of nitrogens with two attached hydrogens (primary N) is 1. The van der Waals surface area contributed by atoms with Gasteiger partial charge in [-0.3, -0.25) is 0 Å². The van der Waals surface area contributed by atoms with Crippen LogP contribution in [-0.2, 0) is 10.0 Å². The van der Waals surface area contributed by atoms with E-state index in [0.717, 1.165) is 0 Å². The summed E-state index contributed by atoms with van der Waals surface area (Å²) in [5.74, 6) is 0.0764. The number of hydrogen-bond acceptors (Lipinski definition) is 3. The molecule has 4 nitrogen and oxygen atoms in total. The molecule has 5 heteroatoms. The van der Waals surface area contributed by atoms with Crippen LogP contribution in [0, 0.1) is 0 Å². The number of sulfonamides is 1. The zero-order chi connectivity index (χ0) is 6.20. The molecule has 1 rings (SSSR count). The maximum absolute atomic E-state index is 10.4. The molecule has 1 unspecified atom stereocenters. The van der Waals surface area contributed by atoms with Gasteiger partial charge in [-0.2, -0.15) is 0 Å². The second-order valence-electron chi connectivity index (χ2n) is 1.89. The summed E-state index contributed by atoms with van der Waals surface area (Å²) in [6.07, 6.45) is 0. The van der Waals surface area contributed by atoms with Gasteiger partial charge in [0.05, 0.1) is 5.75 Å². The maximum Gasteiger partial charge on any atom is 0.213 e. The van der Waals surface area contributed by atoms with Crippen LogP contribution in [0.1, 0.15) is 0 Å². The maximum atomic E-state index is 10.4. The van der Waals surface area contributed by atoms with Gasteiger partial charge in [-0.05, 0) is 0 Å². The SMILES string of the molecule is NC1CNS(=O)(=O)C1. The van der Waals surface area contributed by atoms with Crippen molar-refractivity contribution in [1.29, 1.82) is 0 Å². The first-order chi connectivity index (χ1) is 3.60. The lowest BCUT2D eigenvalue weighted by Gasteiger charge is -1.89. The van der Waals surface area contributed by atoms with Crippen molar-refractivity contribution in [2.24, 2.45) is 5.73 Å². The third-order valence-corrected chi connectivity index (χ3v) is 2.47. The molecule has 0 aromatic rings. The molecule has 1 fully saturated rings. The smallest absolute Gasteiger partial charge is 0.213 e. The van der Waals surface area contributed by atoms with Gasteiger partial charge >= 0.3 is 0 Å². The Hall–Kier alpha value is -0.130. The van der Waals surface area contributed by atoms with E-state index in [1.165, 1.54) is 0 Å². The van der Waals surface area contributed by atoms with Crippen molar-refractivity contribution in [3.63, 3.8) is 0 Å². The fourth-order valence-electron chi connectivity index (χ4n) is 0.634. The van der Waals surface area contributed by atoms with E-state index in [9.17, 15) is 8.42 Å². The van der Waals surface area contributed by atoms with Crippen LogP contribution in [0.25, 0.3) is 0 Å². The fourth-order valence-corrected chi connectivity index (χ4v) is 1.90. The fraction of sp³-hybridized carbons (Fsp3) is 1.00. The van der Waals surface area contributed by atoms with E-state index in [1.807, 2.05) is 0 Å². The molecule has 1 saturated heterocycles. The van der Waals surface area contributed by atoms with Crippen molar-refractivity contribution in [3.05, 3.63) is 0 Å². The highest BCUT2D eigenvalue weighted by atomic mass is 32.2. The lowest BCUT2D eigenvalue weighted by atomic mass is 10.4. The molecule has 48 valence electrons. The minimum Gasteiger partial charge on any atom is -0.326 e. The summed E-state index contributed by atoms with van der Waals surface area (Å²) in [6.45, 7) is 0.391. The molecule has 8 heavy (non-hydrogen) atoms. The van der Waals surface area contributed by atoms with Gasteiger partial charge in [0.1, 0.15) is 0 Å². The van der Waals surface area contributed by atoms with Crippen molar-refractivity contribution in [2.75, 3.05) is 12.3 Å². The van der Waals surface area contributed by atoms with Gasteiger partial charge in [-0.15, -0.1) is 0 Å². The molecular weight excluding hydrogens is 128 g/mol. The van der Waals surface area contributed by atoms with Gasteiger partial charge in [0.15, 0.2) is 0 Å². The summed E-state index contributed by atoms with van der Waals surface area (Å²) in [5, 5.41) is 0. The highest BCUT2D eigenvalue weighted by Gasteiger charge is 2.23. The van der Waals surface area contributed by atoms with Crippen LogP contribution in [0.4, 0.5) is 0 Å². The van der Waals surface area contributed by atoms with E-state index in [2.05, 4.69) is 4.72 Å². The summed E-state index contributed by atoms with van der Waals surface area (Å²) in [5.41, 5.74) is 5.27. The average molecular weight is 136 g/mol. The Balaban J connectivity index is 2.71. The molecule has 0 aliphatic carbocycles.